The van der Waals surface area contributed by atoms with Crippen molar-refractivity contribution in [3.8, 4) is 12.1 Å². The monoisotopic (exact) mass is 174 g/mol. The number of nitrogens with zero attached hydrogens (tertiary/aromatic N) is 2. The Morgan fingerprint density at radius 1 is 1.15 bits per heavy atom. The normalized spacial score (nSPS) is 34.0. The summed E-state index contributed by atoms with van der Waals surface area (Å²) in [6.07, 6.45) is 6.21. The second kappa shape index (κ2) is 3.04. The average molecular weight is 174 g/mol. The predicted molar refractivity (Wildman–Crippen MR) is 48.3 cm³/mol. The lowest BCUT2D eigenvalue weighted by Gasteiger charge is -2.33. The molecule has 2 fully saturated rings. The predicted octanol–water partition coefficient (Wildman–Crippen LogP) is 2.62. The average Bonchev–Trinajstić information content (AvgIpc) is 2.64. The van der Waals surface area contributed by atoms with E-state index in [2.05, 4.69) is 12.1 Å². The number of hydrogen-bond acceptors (Lipinski definition) is 2. The molecule has 2 unspecified atom stereocenters. The van der Waals surface area contributed by atoms with Gasteiger partial charge in [0.1, 0.15) is 0 Å². The van der Waals surface area contributed by atoms with E-state index in [-0.39, 0.29) is 5.41 Å². The summed E-state index contributed by atoms with van der Waals surface area (Å²) in [7, 11) is 0. The highest BCUT2D eigenvalue weighted by molar-refractivity contribution is 5.06. The van der Waals surface area contributed by atoms with Crippen LogP contribution in [0.3, 0.4) is 0 Å². The first-order valence-electron chi connectivity index (χ1n) is 5.04. The third-order valence-electron chi connectivity index (χ3n) is 3.96. The summed E-state index contributed by atoms with van der Waals surface area (Å²) in [4.78, 5) is 0. The molecule has 2 saturated carbocycles. The van der Waals surface area contributed by atoms with Crippen LogP contribution in [0.15, 0.2) is 0 Å². The number of fused-ring (bicyclic) bond motifs is 2. The van der Waals surface area contributed by atoms with E-state index in [9.17, 15) is 0 Å². The molecule has 2 atom stereocenters. The van der Waals surface area contributed by atoms with Crippen LogP contribution < -0.4 is 0 Å². The summed E-state index contributed by atoms with van der Waals surface area (Å²) in [5.74, 6) is 1.50. The molecule has 2 aliphatic carbocycles. The van der Waals surface area contributed by atoms with E-state index in [0.29, 0.717) is 18.8 Å². The topological polar surface area (TPSA) is 47.6 Å². The Labute approximate surface area is 79.2 Å². The van der Waals surface area contributed by atoms with Gasteiger partial charge < -0.3 is 0 Å². The van der Waals surface area contributed by atoms with Gasteiger partial charge in [-0.05, 0) is 36.5 Å². The maximum atomic E-state index is 8.79. The summed E-state index contributed by atoms with van der Waals surface area (Å²) in [6.45, 7) is 0. The minimum absolute atomic E-state index is 0.0897. The summed E-state index contributed by atoms with van der Waals surface area (Å²) in [6, 6.07) is 4.54. The highest BCUT2D eigenvalue weighted by atomic mass is 14.5. The number of hydrogen-bond donors (Lipinski definition) is 0. The zero-order valence-electron chi connectivity index (χ0n) is 7.79. The van der Waals surface area contributed by atoms with Gasteiger partial charge >= 0.3 is 0 Å². The first-order valence-corrected chi connectivity index (χ1v) is 5.04. The summed E-state index contributed by atoms with van der Waals surface area (Å²) < 4.78 is 0. The zero-order chi connectivity index (χ0) is 9.31. The Morgan fingerprint density at radius 3 is 2.23 bits per heavy atom. The van der Waals surface area contributed by atoms with Crippen LogP contribution in [0.5, 0.6) is 0 Å². The molecule has 0 N–H and O–H groups in total. The van der Waals surface area contributed by atoms with E-state index < -0.39 is 0 Å². The van der Waals surface area contributed by atoms with Crippen molar-refractivity contribution in [1.82, 2.24) is 0 Å². The molecule has 0 radical (unpaired) electrons. The number of nitriles is 2. The lowest BCUT2D eigenvalue weighted by Crippen LogP contribution is -2.26. The fourth-order valence-corrected chi connectivity index (χ4v) is 3.37. The van der Waals surface area contributed by atoms with E-state index in [4.69, 9.17) is 10.5 Å². The highest BCUT2D eigenvalue weighted by Gasteiger charge is 2.50. The van der Waals surface area contributed by atoms with Gasteiger partial charge in [-0.3, -0.25) is 0 Å². The Bertz CT molecular complexity index is 265. The molecule has 0 heterocycles. The van der Waals surface area contributed by atoms with Crippen molar-refractivity contribution in [2.45, 2.75) is 38.5 Å². The van der Waals surface area contributed by atoms with Crippen LogP contribution in [-0.4, -0.2) is 0 Å². The van der Waals surface area contributed by atoms with E-state index in [0.717, 1.165) is 12.3 Å². The molecule has 68 valence electrons. The van der Waals surface area contributed by atoms with Crippen molar-refractivity contribution in [2.75, 3.05) is 0 Å². The van der Waals surface area contributed by atoms with Gasteiger partial charge in [0.2, 0.25) is 0 Å². The molecule has 2 heteroatoms. The van der Waals surface area contributed by atoms with Crippen molar-refractivity contribution in [2.24, 2.45) is 17.3 Å². The first kappa shape index (κ1) is 8.57. The molecule has 0 aliphatic heterocycles. The molecule has 0 aromatic rings. The quantitative estimate of drug-likeness (QED) is 0.646. The van der Waals surface area contributed by atoms with E-state index >= 15 is 0 Å². The minimum atomic E-state index is 0.0897. The Morgan fingerprint density at radius 2 is 1.85 bits per heavy atom. The highest BCUT2D eigenvalue weighted by Crippen LogP contribution is 2.58. The van der Waals surface area contributed by atoms with Gasteiger partial charge in [0, 0.05) is 12.8 Å². The molecule has 0 spiro atoms. The van der Waals surface area contributed by atoms with Gasteiger partial charge in [-0.1, -0.05) is 6.42 Å². The molecule has 2 aliphatic rings. The zero-order valence-corrected chi connectivity index (χ0v) is 7.79. The molecule has 2 nitrogen and oxygen atoms in total. The largest absolute Gasteiger partial charge is 0.198 e. The van der Waals surface area contributed by atoms with Crippen LogP contribution in [0.25, 0.3) is 0 Å². The van der Waals surface area contributed by atoms with Crippen molar-refractivity contribution in [3.05, 3.63) is 0 Å². The van der Waals surface area contributed by atoms with Crippen molar-refractivity contribution >= 4 is 0 Å². The summed E-state index contributed by atoms with van der Waals surface area (Å²) >= 11 is 0. The fraction of sp³-hybridized carbons (Fsp3) is 0.818. The second-order valence-corrected chi connectivity index (χ2v) is 4.61. The molecule has 0 aromatic heterocycles. The minimum Gasteiger partial charge on any atom is -0.198 e. The SMILES string of the molecule is N#CCC1(CC#N)CC2CCC1C2. The van der Waals surface area contributed by atoms with Crippen LogP contribution in [0, 0.1) is 39.9 Å². The molecule has 13 heavy (non-hydrogen) atoms. The third kappa shape index (κ3) is 1.22. The summed E-state index contributed by atoms with van der Waals surface area (Å²) in [5.41, 5.74) is 0.0897. The van der Waals surface area contributed by atoms with E-state index in [1.807, 2.05) is 0 Å². The molecule has 0 aromatic carbocycles. The molecule has 2 bridgehead atoms. The molecule has 0 amide bonds. The maximum absolute atomic E-state index is 8.79. The standard InChI is InChI=1S/C11H14N2/c12-5-3-11(4-6-13)8-9-1-2-10(11)7-9/h9-10H,1-4,7-8H2. The van der Waals surface area contributed by atoms with Crippen LogP contribution >= 0.6 is 0 Å². The molecule has 0 saturated heterocycles. The van der Waals surface area contributed by atoms with E-state index in [1.165, 1.54) is 19.3 Å². The van der Waals surface area contributed by atoms with Crippen LogP contribution in [-0.2, 0) is 0 Å². The van der Waals surface area contributed by atoms with Crippen LogP contribution in [0.2, 0.25) is 0 Å². The lowest BCUT2D eigenvalue weighted by atomic mass is 9.69. The van der Waals surface area contributed by atoms with Gasteiger partial charge in [0.25, 0.3) is 0 Å². The Hall–Kier alpha value is -1.02. The smallest absolute Gasteiger partial charge is 0.0628 e. The van der Waals surface area contributed by atoms with Gasteiger partial charge in [-0.25, -0.2) is 0 Å². The van der Waals surface area contributed by atoms with Crippen molar-refractivity contribution in [3.63, 3.8) is 0 Å². The van der Waals surface area contributed by atoms with Gasteiger partial charge in [-0.15, -0.1) is 0 Å². The van der Waals surface area contributed by atoms with Crippen LogP contribution in [0.1, 0.15) is 38.5 Å². The van der Waals surface area contributed by atoms with Crippen molar-refractivity contribution < 1.29 is 0 Å². The summed E-state index contributed by atoms with van der Waals surface area (Å²) in [5, 5.41) is 17.6. The van der Waals surface area contributed by atoms with Gasteiger partial charge in [-0.2, -0.15) is 10.5 Å². The fourth-order valence-electron chi connectivity index (χ4n) is 3.37. The number of rotatable bonds is 2. The van der Waals surface area contributed by atoms with E-state index in [1.54, 1.807) is 0 Å². The Balaban J connectivity index is 2.17. The molecule has 2 rings (SSSR count). The van der Waals surface area contributed by atoms with Crippen molar-refractivity contribution in [1.29, 1.82) is 10.5 Å². The first-order chi connectivity index (χ1) is 6.30. The maximum Gasteiger partial charge on any atom is 0.0628 e. The van der Waals surface area contributed by atoms with Gasteiger partial charge in [0.05, 0.1) is 12.1 Å². The lowest BCUT2D eigenvalue weighted by molar-refractivity contribution is 0.174. The third-order valence-corrected chi connectivity index (χ3v) is 3.96. The Kier molecular flexibility index (Phi) is 2.00. The molecular weight excluding hydrogens is 160 g/mol. The van der Waals surface area contributed by atoms with Crippen LogP contribution in [0.4, 0.5) is 0 Å². The van der Waals surface area contributed by atoms with Gasteiger partial charge in [0.15, 0.2) is 0 Å². The second-order valence-electron chi connectivity index (χ2n) is 4.61. The molecular formula is C11H14N2.